The number of para-hydroxylation sites is 2. The first kappa shape index (κ1) is 13.1. The van der Waals surface area contributed by atoms with Crippen molar-refractivity contribution in [2.24, 2.45) is 0 Å². The Morgan fingerprint density at radius 1 is 1.05 bits per heavy atom. The van der Waals surface area contributed by atoms with Crippen LogP contribution in [0.1, 0.15) is 10.4 Å². The van der Waals surface area contributed by atoms with Gasteiger partial charge in [0.2, 0.25) is 0 Å². The summed E-state index contributed by atoms with van der Waals surface area (Å²) in [7, 11) is 1.61. The molecule has 0 spiro atoms. The first-order valence-electron chi connectivity index (χ1n) is 6.57. The van der Waals surface area contributed by atoms with E-state index in [0.29, 0.717) is 17.0 Å². The second-order valence-corrected chi connectivity index (χ2v) is 4.53. The largest absolute Gasteiger partial charge is 0.494 e. The molecular weight excluding hydrogens is 264 g/mol. The molecule has 0 atom stereocenters. The third kappa shape index (κ3) is 2.43. The Bertz CT molecular complexity index is 763. The number of rotatable bonds is 4. The molecule has 4 nitrogen and oxygen atoms in total. The molecule has 0 N–H and O–H groups in total. The lowest BCUT2D eigenvalue weighted by Gasteiger charge is -2.07. The summed E-state index contributed by atoms with van der Waals surface area (Å²) in [6.45, 7) is 0. The molecule has 0 aliphatic rings. The zero-order valence-electron chi connectivity index (χ0n) is 11.6. The molecule has 2 aromatic carbocycles. The van der Waals surface area contributed by atoms with Crippen LogP contribution >= 0.6 is 0 Å². The van der Waals surface area contributed by atoms with Gasteiger partial charge in [-0.3, -0.25) is 4.79 Å². The molecule has 0 amide bonds. The number of ether oxygens (including phenoxy) is 1. The van der Waals surface area contributed by atoms with Crippen LogP contribution in [0.15, 0.2) is 60.8 Å². The van der Waals surface area contributed by atoms with Gasteiger partial charge in [-0.1, -0.05) is 42.5 Å². The van der Waals surface area contributed by atoms with Crippen LogP contribution in [-0.2, 0) is 0 Å². The van der Waals surface area contributed by atoms with Gasteiger partial charge < -0.3 is 4.74 Å². The molecule has 3 rings (SSSR count). The highest BCUT2D eigenvalue weighted by Gasteiger charge is 2.13. The summed E-state index contributed by atoms with van der Waals surface area (Å²) < 4.78 is 7.01. The summed E-state index contributed by atoms with van der Waals surface area (Å²) in [5.41, 5.74) is 2.92. The number of aldehydes is 1. The number of benzene rings is 2. The van der Waals surface area contributed by atoms with Crippen molar-refractivity contribution in [2.45, 2.75) is 0 Å². The fraction of sp³-hybridized carbons (Fsp3) is 0.0588. The number of aromatic nitrogens is 2. The van der Waals surface area contributed by atoms with Crippen LogP contribution in [0.25, 0.3) is 16.9 Å². The van der Waals surface area contributed by atoms with Crippen molar-refractivity contribution in [2.75, 3.05) is 7.11 Å². The number of methoxy groups -OCH3 is 1. The highest BCUT2D eigenvalue weighted by molar-refractivity contribution is 5.85. The van der Waals surface area contributed by atoms with E-state index in [0.717, 1.165) is 17.5 Å². The number of carbonyl (C=O) groups is 1. The maximum absolute atomic E-state index is 11.3. The van der Waals surface area contributed by atoms with Gasteiger partial charge in [0, 0.05) is 11.8 Å². The Kier molecular flexibility index (Phi) is 3.51. The van der Waals surface area contributed by atoms with Crippen LogP contribution in [0.4, 0.5) is 0 Å². The molecule has 0 radical (unpaired) electrons. The topological polar surface area (TPSA) is 44.1 Å². The predicted octanol–water partition coefficient (Wildman–Crippen LogP) is 3.36. The first-order valence-corrected chi connectivity index (χ1v) is 6.57. The Labute approximate surface area is 122 Å². The lowest BCUT2D eigenvalue weighted by Crippen LogP contribution is -1.98. The molecule has 104 valence electrons. The lowest BCUT2D eigenvalue weighted by atomic mass is 10.1. The Morgan fingerprint density at radius 3 is 2.48 bits per heavy atom. The maximum atomic E-state index is 11.3. The minimum Gasteiger partial charge on any atom is -0.494 e. The van der Waals surface area contributed by atoms with Gasteiger partial charge in [0.25, 0.3) is 0 Å². The van der Waals surface area contributed by atoms with Gasteiger partial charge in [-0.15, -0.1) is 0 Å². The van der Waals surface area contributed by atoms with E-state index in [9.17, 15) is 4.79 Å². The minimum atomic E-state index is 0.548. The van der Waals surface area contributed by atoms with Crippen LogP contribution in [-0.4, -0.2) is 23.2 Å². The Balaban J connectivity index is 2.14. The molecule has 0 aliphatic heterocycles. The van der Waals surface area contributed by atoms with E-state index in [2.05, 4.69) is 5.10 Å². The summed E-state index contributed by atoms with van der Waals surface area (Å²) >= 11 is 0. The molecule has 0 bridgehead atoms. The van der Waals surface area contributed by atoms with Gasteiger partial charge in [0.05, 0.1) is 12.7 Å². The minimum absolute atomic E-state index is 0.548. The van der Waals surface area contributed by atoms with Gasteiger partial charge >= 0.3 is 0 Å². The van der Waals surface area contributed by atoms with E-state index in [1.54, 1.807) is 18.0 Å². The van der Waals surface area contributed by atoms with Gasteiger partial charge in [-0.25, -0.2) is 4.68 Å². The maximum Gasteiger partial charge on any atom is 0.153 e. The van der Waals surface area contributed by atoms with Gasteiger partial charge in [-0.05, 0) is 12.1 Å². The van der Waals surface area contributed by atoms with Crippen molar-refractivity contribution in [1.82, 2.24) is 9.78 Å². The molecule has 1 heterocycles. The monoisotopic (exact) mass is 278 g/mol. The van der Waals surface area contributed by atoms with Crippen LogP contribution in [0.5, 0.6) is 5.75 Å². The molecular formula is C17H14N2O2. The SMILES string of the molecule is COc1ccccc1-n1cc(C=O)c(-c2ccccc2)n1. The second kappa shape index (κ2) is 5.63. The van der Waals surface area contributed by atoms with Crippen molar-refractivity contribution in [3.05, 3.63) is 66.4 Å². The van der Waals surface area contributed by atoms with E-state index in [1.807, 2.05) is 54.6 Å². The van der Waals surface area contributed by atoms with Crippen LogP contribution in [0.2, 0.25) is 0 Å². The third-order valence-corrected chi connectivity index (χ3v) is 3.25. The van der Waals surface area contributed by atoms with E-state index >= 15 is 0 Å². The molecule has 4 heteroatoms. The highest BCUT2D eigenvalue weighted by atomic mass is 16.5. The number of hydrogen-bond acceptors (Lipinski definition) is 3. The fourth-order valence-electron chi connectivity index (χ4n) is 2.24. The molecule has 1 aromatic heterocycles. The molecule has 0 saturated heterocycles. The van der Waals surface area contributed by atoms with Gasteiger partial charge in [-0.2, -0.15) is 5.10 Å². The summed E-state index contributed by atoms with van der Waals surface area (Å²) in [6, 6.07) is 17.2. The van der Waals surface area contributed by atoms with Gasteiger partial charge in [0.1, 0.15) is 17.1 Å². The van der Waals surface area contributed by atoms with Crippen molar-refractivity contribution in [3.8, 4) is 22.7 Å². The van der Waals surface area contributed by atoms with E-state index in [1.165, 1.54) is 0 Å². The molecule has 0 fully saturated rings. The van der Waals surface area contributed by atoms with Crippen molar-refractivity contribution < 1.29 is 9.53 Å². The van der Waals surface area contributed by atoms with Crippen LogP contribution in [0, 0.1) is 0 Å². The van der Waals surface area contributed by atoms with Crippen LogP contribution < -0.4 is 4.74 Å². The second-order valence-electron chi connectivity index (χ2n) is 4.53. The van der Waals surface area contributed by atoms with E-state index in [4.69, 9.17) is 4.74 Å². The number of hydrogen-bond donors (Lipinski definition) is 0. The molecule has 21 heavy (non-hydrogen) atoms. The lowest BCUT2D eigenvalue weighted by molar-refractivity contribution is 0.112. The highest BCUT2D eigenvalue weighted by Crippen LogP contribution is 2.26. The standard InChI is InChI=1S/C17H14N2O2/c1-21-16-10-6-5-9-15(16)19-11-14(12-20)17(18-19)13-7-3-2-4-8-13/h2-12H,1H3. The fourth-order valence-corrected chi connectivity index (χ4v) is 2.24. The summed E-state index contributed by atoms with van der Waals surface area (Å²) in [4.78, 5) is 11.3. The summed E-state index contributed by atoms with van der Waals surface area (Å²) in [6.07, 6.45) is 2.54. The van der Waals surface area contributed by atoms with E-state index < -0.39 is 0 Å². The average molecular weight is 278 g/mol. The van der Waals surface area contributed by atoms with Gasteiger partial charge in [0.15, 0.2) is 6.29 Å². The molecule has 3 aromatic rings. The van der Waals surface area contributed by atoms with Crippen molar-refractivity contribution >= 4 is 6.29 Å². The first-order chi connectivity index (χ1) is 10.3. The van der Waals surface area contributed by atoms with Crippen LogP contribution in [0.3, 0.4) is 0 Å². The van der Waals surface area contributed by atoms with E-state index in [-0.39, 0.29) is 0 Å². The average Bonchev–Trinajstić information content (AvgIpc) is 2.99. The zero-order valence-corrected chi connectivity index (χ0v) is 11.6. The van der Waals surface area contributed by atoms with Crippen molar-refractivity contribution in [1.29, 1.82) is 0 Å². The quantitative estimate of drug-likeness (QED) is 0.687. The Morgan fingerprint density at radius 2 is 1.76 bits per heavy atom. The Hall–Kier alpha value is -2.88. The number of carbonyl (C=O) groups excluding carboxylic acids is 1. The molecule has 0 saturated carbocycles. The smallest absolute Gasteiger partial charge is 0.153 e. The third-order valence-electron chi connectivity index (χ3n) is 3.25. The van der Waals surface area contributed by atoms with Crippen molar-refractivity contribution in [3.63, 3.8) is 0 Å². The molecule has 0 aliphatic carbocycles. The zero-order chi connectivity index (χ0) is 14.7. The number of nitrogens with zero attached hydrogens (tertiary/aromatic N) is 2. The summed E-state index contributed by atoms with van der Waals surface area (Å²) in [5, 5.41) is 4.54. The normalized spacial score (nSPS) is 10.3. The predicted molar refractivity (Wildman–Crippen MR) is 80.9 cm³/mol. The summed E-state index contributed by atoms with van der Waals surface area (Å²) in [5.74, 6) is 0.706. The molecule has 0 unspecified atom stereocenters.